The van der Waals surface area contributed by atoms with E-state index in [1.54, 1.807) is 0 Å². The molecule has 0 amide bonds. The molecule has 0 saturated carbocycles. The van der Waals surface area contributed by atoms with Crippen LogP contribution in [0.3, 0.4) is 0 Å². The van der Waals surface area contributed by atoms with E-state index in [9.17, 15) is 0 Å². The van der Waals surface area contributed by atoms with E-state index in [1.165, 1.54) is 32.4 Å². The van der Waals surface area contributed by atoms with Gasteiger partial charge in [0.15, 0.2) is 0 Å². The first-order valence-electron chi connectivity index (χ1n) is 8.12. The molecule has 2 saturated heterocycles. The molecule has 3 rings (SSSR count). The lowest BCUT2D eigenvalue weighted by Crippen LogP contribution is -2.36. The molecule has 2 fully saturated rings. The maximum atomic E-state index is 6.34. The zero-order valence-electron chi connectivity index (χ0n) is 12.8. The summed E-state index contributed by atoms with van der Waals surface area (Å²) in [7, 11) is 0. The molecule has 1 N–H and O–H groups in total. The predicted octanol–water partition coefficient (Wildman–Crippen LogP) is 2.84. The Morgan fingerprint density at radius 3 is 3.00 bits per heavy atom. The van der Waals surface area contributed by atoms with Crippen molar-refractivity contribution in [1.82, 2.24) is 14.8 Å². The zero-order valence-corrected chi connectivity index (χ0v) is 13.6. The van der Waals surface area contributed by atoms with Crippen molar-refractivity contribution in [2.24, 2.45) is 0 Å². The van der Waals surface area contributed by atoms with E-state index in [0.717, 1.165) is 48.8 Å². The fourth-order valence-corrected chi connectivity index (χ4v) is 3.68. The van der Waals surface area contributed by atoms with Crippen LogP contribution in [0.1, 0.15) is 31.9 Å². The number of rotatable bonds is 4. The van der Waals surface area contributed by atoms with E-state index in [2.05, 4.69) is 27.0 Å². The minimum atomic E-state index is 0.739. The highest BCUT2D eigenvalue weighted by Gasteiger charge is 2.28. The Kier molecular flexibility index (Phi) is 4.99. The number of aromatic nitrogens is 1. The van der Waals surface area contributed by atoms with Gasteiger partial charge in [-0.05, 0) is 58.0 Å². The smallest absolute Gasteiger partial charge is 0.126 e. The molecule has 2 aliphatic rings. The minimum absolute atomic E-state index is 0.739. The molecule has 4 nitrogen and oxygen atoms in total. The Morgan fingerprint density at radius 1 is 1.29 bits per heavy atom. The average molecular weight is 309 g/mol. The maximum absolute atomic E-state index is 6.34. The Morgan fingerprint density at radius 2 is 2.14 bits per heavy atom. The van der Waals surface area contributed by atoms with E-state index in [0.29, 0.717) is 0 Å². The summed E-state index contributed by atoms with van der Waals surface area (Å²) in [5, 5.41) is 4.05. The van der Waals surface area contributed by atoms with Crippen LogP contribution in [0.5, 0.6) is 0 Å². The van der Waals surface area contributed by atoms with Crippen molar-refractivity contribution in [3.63, 3.8) is 0 Å². The highest BCUT2D eigenvalue weighted by Crippen LogP contribution is 2.24. The van der Waals surface area contributed by atoms with Gasteiger partial charge in [-0.1, -0.05) is 11.6 Å². The topological polar surface area (TPSA) is 31.4 Å². The highest BCUT2D eigenvalue weighted by atomic mass is 35.5. The molecule has 0 spiro atoms. The average Bonchev–Trinajstić information content (AvgIpc) is 2.82. The summed E-state index contributed by atoms with van der Waals surface area (Å²) in [6.07, 6.45) is 3.95. The molecule has 2 aliphatic heterocycles. The summed E-state index contributed by atoms with van der Waals surface area (Å²) >= 11 is 6.34. The molecule has 1 unspecified atom stereocenters. The SMILES string of the molecule is CCNc1ccc(Cl)c(CN2CCCN3CCCC3C2)n1. The van der Waals surface area contributed by atoms with Crippen LogP contribution in [0.2, 0.25) is 5.02 Å². The summed E-state index contributed by atoms with van der Waals surface area (Å²) < 4.78 is 0. The molecule has 116 valence electrons. The summed E-state index contributed by atoms with van der Waals surface area (Å²) in [5.41, 5.74) is 1.00. The molecular formula is C16H25ClN4. The van der Waals surface area contributed by atoms with Crippen LogP contribution in [0.25, 0.3) is 0 Å². The van der Waals surface area contributed by atoms with Crippen molar-refractivity contribution in [1.29, 1.82) is 0 Å². The number of hydrogen-bond acceptors (Lipinski definition) is 4. The van der Waals surface area contributed by atoms with Crippen LogP contribution in [0.4, 0.5) is 5.82 Å². The number of halogens is 1. The number of fused-ring (bicyclic) bond motifs is 1. The van der Waals surface area contributed by atoms with Crippen LogP contribution >= 0.6 is 11.6 Å². The van der Waals surface area contributed by atoms with Gasteiger partial charge in [0, 0.05) is 25.7 Å². The van der Waals surface area contributed by atoms with E-state index in [-0.39, 0.29) is 0 Å². The monoisotopic (exact) mass is 308 g/mol. The standard InChI is InChI=1S/C16H25ClN4/c1-2-18-16-7-6-14(17)15(19-16)12-20-8-4-10-21-9-3-5-13(21)11-20/h6-7,13H,2-5,8-12H2,1H3,(H,18,19). The summed E-state index contributed by atoms with van der Waals surface area (Å²) in [6.45, 7) is 8.67. The van der Waals surface area contributed by atoms with Gasteiger partial charge in [-0.2, -0.15) is 0 Å². The largest absolute Gasteiger partial charge is 0.370 e. The third-order valence-corrected chi connectivity index (χ3v) is 4.88. The van der Waals surface area contributed by atoms with Crippen LogP contribution in [0.15, 0.2) is 12.1 Å². The summed E-state index contributed by atoms with van der Waals surface area (Å²) in [5.74, 6) is 0.925. The van der Waals surface area contributed by atoms with Gasteiger partial charge >= 0.3 is 0 Å². The lowest BCUT2D eigenvalue weighted by molar-refractivity contribution is 0.214. The lowest BCUT2D eigenvalue weighted by atomic mass is 10.2. The highest BCUT2D eigenvalue weighted by molar-refractivity contribution is 6.31. The van der Waals surface area contributed by atoms with Crippen molar-refractivity contribution in [3.8, 4) is 0 Å². The fourth-order valence-electron chi connectivity index (χ4n) is 3.51. The summed E-state index contributed by atoms with van der Waals surface area (Å²) in [4.78, 5) is 9.86. The maximum Gasteiger partial charge on any atom is 0.126 e. The van der Waals surface area contributed by atoms with E-state index < -0.39 is 0 Å². The molecule has 1 aromatic heterocycles. The van der Waals surface area contributed by atoms with Crippen molar-refractivity contribution in [3.05, 3.63) is 22.8 Å². The first kappa shape index (κ1) is 15.1. The number of pyridine rings is 1. The van der Waals surface area contributed by atoms with Gasteiger partial charge in [0.05, 0.1) is 10.7 Å². The summed E-state index contributed by atoms with van der Waals surface area (Å²) in [6, 6.07) is 4.65. The van der Waals surface area contributed by atoms with Crippen LogP contribution in [-0.2, 0) is 6.54 Å². The van der Waals surface area contributed by atoms with Gasteiger partial charge in [0.25, 0.3) is 0 Å². The number of nitrogens with zero attached hydrogens (tertiary/aromatic N) is 3. The van der Waals surface area contributed by atoms with Gasteiger partial charge in [-0.3, -0.25) is 9.80 Å². The van der Waals surface area contributed by atoms with E-state index in [4.69, 9.17) is 11.6 Å². The lowest BCUT2D eigenvalue weighted by Gasteiger charge is -2.25. The van der Waals surface area contributed by atoms with Gasteiger partial charge < -0.3 is 5.32 Å². The van der Waals surface area contributed by atoms with Crippen molar-refractivity contribution < 1.29 is 0 Å². The first-order valence-corrected chi connectivity index (χ1v) is 8.49. The Bertz CT molecular complexity index is 479. The Hall–Kier alpha value is -0.840. The van der Waals surface area contributed by atoms with E-state index in [1.807, 2.05) is 12.1 Å². The van der Waals surface area contributed by atoms with E-state index >= 15 is 0 Å². The second-order valence-corrected chi connectivity index (χ2v) is 6.48. The molecule has 21 heavy (non-hydrogen) atoms. The van der Waals surface area contributed by atoms with Crippen LogP contribution < -0.4 is 5.32 Å². The zero-order chi connectivity index (χ0) is 14.7. The molecule has 0 aromatic carbocycles. The molecule has 1 atom stereocenters. The van der Waals surface area contributed by atoms with Crippen molar-refractivity contribution >= 4 is 17.4 Å². The molecule has 0 bridgehead atoms. The van der Waals surface area contributed by atoms with Gasteiger partial charge in [-0.15, -0.1) is 0 Å². The Labute approximate surface area is 132 Å². The van der Waals surface area contributed by atoms with Gasteiger partial charge in [0.2, 0.25) is 0 Å². The Balaban J connectivity index is 1.68. The number of hydrogen-bond donors (Lipinski definition) is 1. The van der Waals surface area contributed by atoms with Crippen molar-refractivity contribution in [2.75, 3.05) is 38.0 Å². The molecule has 5 heteroatoms. The molecule has 0 aliphatic carbocycles. The second-order valence-electron chi connectivity index (χ2n) is 6.08. The van der Waals surface area contributed by atoms with Gasteiger partial charge in [0.1, 0.15) is 5.82 Å². The number of anilines is 1. The minimum Gasteiger partial charge on any atom is -0.370 e. The van der Waals surface area contributed by atoms with Crippen molar-refractivity contribution in [2.45, 2.75) is 38.8 Å². The molecule has 1 aromatic rings. The van der Waals surface area contributed by atoms with Crippen LogP contribution in [-0.4, -0.2) is 53.5 Å². The first-order chi connectivity index (χ1) is 10.3. The second kappa shape index (κ2) is 6.95. The normalized spacial score (nSPS) is 23.8. The predicted molar refractivity (Wildman–Crippen MR) is 87.9 cm³/mol. The third kappa shape index (κ3) is 3.68. The molecule has 3 heterocycles. The number of nitrogens with one attached hydrogen (secondary N) is 1. The molecule has 0 radical (unpaired) electrons. The van der Waals surface area contributed by atoms with Gasteiger partial charge in [-0.25, -0.2) is 4.98 Å². The quantitative estimate of drug-likeness (QED) is 0.927. The molecular weight excluding hydrogens is 284 g/mol. The van der Waals surface area contributed by atoms with Crippen LogP contribution in [0, 0.1) is 0 Å². The third-order valence-electron chi connectivity index (χ3n) is 4.54. The fraction of sp³-hybridized carbons (Fsp3) is 0.688.